The third kappa shape index (κ3) is 2.22. The van der Waals surface area contributed by atoms with Gasteiger partial charge >= 0.3 is 0 Å². The molecule has 1 aliphatic carbocycles. The Morgan fingerprint density at radius 2 is 1.92 bits per heavy atom. The Bertz CT molecular complexity index is 170. The highest BCUT2D eigenvalue weighted by Gasteiger charge is 2.48. The second kappa shape index (κ2) is 3.56. The summed E-state index contributed by atoms with van der Waals surface area (Å²) >= 11 is 0. The van der Waals surface area contributed by atoms with E-state index < -0.39 is 5.60 Å². The molecular weight excluding hydrogens is 166 g/mol. The monoisotopic (exact) mass is 187 g/mol. The number of hydrogen-bond donors (Lipinski definition) is 2. The van der Waals surface area contributed by atoms with E-state index in [9.17, 15) is 5.11 Å². The first-order valence-corrected chi connectivity index (χ1v) is 4.95. The third-order valence-corrected chi connectivity index (χ3v) is 2.73. The topological polar surface area (TPSA) is 41.5 Å². The third-order valence-electron chi connectivity index (χ3n) is 2.73. The number of aliphatic hydroxyl groups is 1. The van der Waals surface area contributed by atoms with E-state index in [0.717, 1.165) is 19.3 Å². The van der Waals surface area contributed by atoms with Gasteiger partial charge in [0.25, 0.3) is 0 Å². The minimum atomic E-state index is -0.610. The molecule has 1 atom stereocenters. The Morgan fingerprint density at radius 3 is 2.15 bits per heavy atom. The number of hydroxylamine groups is 1. The van der Waals surface area contributed by atoms with Crippen LogP contribution in [0.3, 0.4) is 0 Å². The van der Waals surface area contributed by atoms with Crippen molar-refractivity contribution in [2.45, 2.75) is 51.7 Å². The Morgan fingerprint density at radius 1 is 1.38 bits per heavy atom. The highest BCUT2D eigenvalue weighted by atomic mass is 16.7. The summed E-state index contributed by atoms with van der Waals surface area (Å²) in [6.45, 7) is 6.27. The van der Waals surface area contributed by atoms with Gasteiger partial charge in [-0.3, -0.25) is 4.84 Å². The summed E-state index contributed by atoms with van der Waals surface area (Å²) in [5, 5.41) is 10.2. The predicted octanol–water partition coefficient (Wildman–Crippen LogP) is 1.47. The summed E-state index contributed by atoms with van der Waals surface area (Å²) in [4.78, 5) is 5.41. The maximum atomic E-state index is 10.2. The van der Waals surface area contributed by atoms with E-state index in [0.29, 0.717) is 0 Å². The molecule has 0 spiro atoms. The van der Waals surface area contributed by atoms with Crippen molar-refractivity contribution < 1.29 is 9.94 Å². The molecule has 0 amide bonds. The van der Waals surface area contributed by atoms with Crippen molar-refractivity contribution in [2.24, 2.45) is 5.41 Å². The van der Waals surface area contributed by atoms with E-state index in [1.807, 2.05) is 0 Å². The lowest BCUT2D eigenvalue weighted by atomic mass is 9.68. The van der Waals surface area contributed by atoms with E-state index in [2.05, 4.69) is 26.3 Å². The van der Waals surface area contributed by atoms with Crippen LogP contribution in [0.5, 0.6) is 0 Å². The first-order valence-electron chi connectivity index (χ1n) is 4.95. The summed E-state index contributed by atoms with van der Waals surface area (Å²) in [6.07, 6.45) is 2.70. The summed E-state index contributed by atoms with van der Waals surface area (Å²) in [7, 11) is 1.74. The van der Waals surface area contributed by atoms with Crippen molar-refractivity contribution in [3.63, 3.8) is 0 Å². The molecule has 2 N–H and O–H groups in total. The van der Waals surface area contributed by atoms with Crippen LogP contribution in [0.25, 0.3) is 0 Å². The zero-order valence-corrected chi connectivity index (χ0v) is 9.05. The van der Waals surface area contributed by atoms with Gasteiger partial charge in [0.2, 0.25) is 0 Å². The summed E-state index contributed by atoms with van der Waals surface area (Å²) in [5.41, 5.74) is 2.05. The quantitative estimate of drug-likeness (QED) is 0.657. The lowest BCUT2D eigenvalue weighted by Gasteiger charge is -2.47. The molecule has 3 heteroatoms. The van der Waals surface area contributed by atoms with Crippen molar-refractivity contribution in [1.82, 2.24) is 5.48 Å². The molecule has 78 valence electrons. The average molecular weight is 187 g/mol. The largest absolute Gasteiger partial charge is 0.387 e. The summed E-state index contributed by atoms with van der Waals surface area (Å²) in [6, 6.07) is 0. The van der Waals surface area contributed by atoms with Gasteiger partial charge in [0.15, 0.2) is 0 Å². The minimum Gasteiger partial charge on any atom is -0.387 e. The van der Waals surface area contributed by atoms with Crippen molar-refractivity contribution in [1.29, 1.82) is 0 Å². The summed E-state index contributed by atoms with van der Waals surface area (Å²) in [5.74, 6) is 0. The molecule has 0 heterocycles. The van der Waals surface area contributed by atoms with Crippen LogP contribution >= 0.6 is 0 Å². The van der Waals surface area contributed by atoms with Crippen LogP contribution in [-0.2, 0) is 4.84 Å². The van der Waals surface area contributed by atoms with E-state index in [1.165, 1.54) is 0 Å². The summed E-state index contributed by atoms with van der Waals surface area (Å²) < 4.78 is 0. The first-order chi connectivity index (χ1) is 5.90. The molecule has 0 aliphatic heterocycles. The molecule has 0 aromatic heterocycles. The van der Waals surface area contributed by atoms with E-state index in [4.69, 9.17) is 4.84 Å². The number of nitrogens with one attached hydrogen (secondary N) is 1. The number of hydrogen-bond acceptors (Lipinski definition) is 3. The average Bonchev–Trinajstić information content (AvgIpc) is 1.93. The second-order valence-electron chi connectivity index (χ2n) is 5.03. The smallest absolute Gasteiger partial charge is 0.112 e. The Kier molecular flexibility index (Phi) is 3.00. The Balaban J connectivity index is 2.67. The van der Waals surface area contributed by atoms with Crippen LogP contribution in [0.1, 0.15) is 40.0 Å². The van der Waals surface area contributed by atoms with E-state index >= 15 is 0 Å². The van der Waals surface area contributed by atoms with Gasteiger partial charge in [0.05, 0.1) is 5.60 Å². The van der Waals surface area contributed by atoms with Crippen LogP contribution in [0.4, 0.5) is 0 Å². The molecule has 1 unspecified atom stereocenters. The van der Waals surface area contributed by atoms with Crippen molar-refractivity contribution in [3.05, 3.63) is 0 Å². The van der Waals surface area contributed by atoms with E-state index in [1.54, 1.807) is 7.05 Å². The van der Waals surface area contributed by atoms with Crippen LogP contribution in [0.2, 0.25) is 0 Å². The molecule has 1 saturated carbocycles. The molecule has 13 heavy (non-hydrogen) atoms. The number of rotatable bonds is 3. The standard InChI is InChI=1S/C10H21NO2/c1-9(2,3)8(13-11-4)10(12)6-5-7-10/h8,11-12H,5-7H2,1-4H3. The minimum absolute atomic E-state index is 0.0296. The van der Waals surface area contributed by atoms with Gasteiger partial charge in [-0.15, -0.1) is 0 Å². The first kappa shape index (κ1) is 11.0. The molecule has 3 nitrogen and oxygen atoms in total. The van der Waals surface area contributed by atoms with Gasteiger partial charge in [0.1, 0.15) is 6.10 Å². The van der Waals surface area contributed by atoms with Gasteiger partial charge in [-0.1, -0.05) is 20.8 Å². The predicted molar refractivity (Wildman–Crippen MR) is 52.2 cm³/mol. The highest BCUT2D eigenvalue weighted by Crippen LogP contribution is 2.42. The van der Waals surface area contributed by atoms with Crippen molar-refractivity contribution >= 4 is 0 Å². The second-order valence-corrected chi connectivity index (χ2v) is 5.03. The zero-order chi connectivity index (χ0) is 10.1. The van der Waals surface area contributed by atoms with Crippen LogP contribution in [0, 0.1) is 5.41 Å². The van der Waals surface area contributed by atoms with Crippen LogP contribution in [0.15, 0.2) is 0 Å². The molecule has 0 bridgehead atoms. The van der Waals surface area contributed by atoms with Crippen LogP contribution in [-0.4, -0.2) is 23.9 Å². The molecule has 1 aliphatic rings. The lowest BCUT2D eigenvalue weighted by molar-refractivity contribution is -0.207. The normalized spacial score (nSPS) is 23.8. The van der Waals surface area contributed by atoms with Crippen molar-refractivity contribution in [3.8, 4) is 0 Å². The van der Waals surface area contributed by atoms with E-state index in [-0.39, 0.29) is 11.5 Å². The zero-order valence-electron chi connectivity index (χ0n) is 9.05. The van der Waals surface area contributed by atoms with Gasteiger partial charge in [-0.05, 0) is 24.7 Å². The van der Waals surface area contributed by atoms with Gasteiger partial charge in [-0.25, -0.2) is 5.48 Å². The van der Waals surface area contributed by atoms with Gasteiger partial charge in [-0.2, -0.15) is 0 Å². The van der Waals surface area contributed by atoms with Crippen LogP contribution < -0.4 is 5.48 Å². The molecule has 0 radical (unpaired) electrons. The maximum Gasteiger partial charge on any atom is 0.112 e. The lowest BCUT2D eigenvalue weighted by Crippen LogP contribution is -2.56. The van der Waals surface area contributed by atoms with Gasteiger partial charge in [0, 0.05) is 7.05 Å². The highest BCUT2D eigenvalue weighted by molar-refractivity contribution is 4.99. The fourth-order valence-electron chi connectivity index (χ4n) is 2.01. The molecule has 0 saturated heterocycles. The molecular formula is C10H21NO2. The maximum absolute atomic E-state index is 10.2. The Labute approximate surface area is 80.4 Å². The molecule has 0 aromatic carbocycles. The van der Waals surface area contributed by atoms with Crippen molar-refractivity contribution in [2.75, 3.05) is 7.05 Å². The fourth-order valence-corrected chi connectivity index (χ4v) is 2.01. The fraction of sp³-hybridized carbons (Fsp3) is 1.00. The SMILES string of the molecule is CNOC(C(C)(C)C)C1(O)CCC1. The molecule has 1 rings (SSSR count). The van der Waals surface area contributed by atoms with Gasteiger partial charge < -0.3 is 5.11 Å². The molecule has 1 fully saturated rings. The Hall–Kier alpha value is -0.120. The molecule has 0 aromatic rings.